The van der Waals surface area contributed by atoms with E-state index in [1.165, 1.54) is 6.92 Å². The van der Waals surface area contributed by atoms with Gasteiger partial charge in [-0.25, -0.2) is 0 Å². The number of rotatable bonds is 7. The molecular formula is C27H23NO5S. The van der Waals surface area contributed by atoms with Crippen LogP contribution in [0.25, 0.3) is 10.9 Å². The van der Waals surface area contributed by atoms with Crippen molar-refractivity contribution in [1.82, 2.24) is 4.98 Å². The molecule has 1 aliphatic rings. The monoisotopic (exact) mass is 473 g/mol. The molecule has 5 rings (SSSR count). The first-order valence-electron chi connectivity index (χ1n) is 10.9. The average Bonchev–Trinajstić information content (AvgIpc) is 3.36. The Morgan fingerprint density at radius 3 is 2.68 bits per heavy atom. The van der Waals surface area contributed by atoms with Crippen LogP contribution < -0.4 is 9.47 Å². The second kappa shape index (κ2) is 8.91. The van der Waals surface area contributed by atoms with Crippen LogP contribution >= 0.6 is 11.8 Å². The molecule has 1 aromatic heterocycles. The van der Waals surface area contributed by atoms with Crippen LogP contribution in [0.2, 0.25) is 0 Å². The molecule has 0 bridgehead atoms. The molecule has 0 saturated carbocycles. The molecule has 0 saturated heterocycles. The minimum atomic E-state index is -1.73. The summed E-state index contributed by atoms with van der Waals surface area (Å²) in [5.74, 6) is 0.560. The highest BCUT2D eigenvalue weighted by Crippen LogP contribution is 2.36. The van der Waals surface area contributed by atoms with Crippen molar-refractivity contribution in [2.75, 3.05) is 12.4 Å². The molecule has 1 unspecified atom stereocenters. The fourth-order valence-electron chi connectivity index (χ4n) is 4.18. The van der Waals surface area contributed by atoms with Gasteiger partial charge in [-0.2, -0.15) is 0 Å². The van der Waals surface area contributed by atoms with E-state index in [0.717, 1.165) is 21.9 Å². The van der Waals surface area contributed by atoms with E-state index in [2.05, 4.69) is 4.98 Å². The maximum Gasteiger partial charge on any atom is 0.321 e. The number of Topliss-reactive ketones (excluding diaryl/α,β-unsaturated/α-hetero) is 1. The first kappa shape index (κ1) is 22.1. The van der Waals surface area contributed by atoms with Gasteiger partial charge in [0.05, 0.1) is 0 Å². The Morgan fingerprint density at radius 2 is 1.88 bits per heavy atom. The highest BCUT2D eigenvalue weighted by molar-refractivity contribution is 7.99. The zero-order valence-corrected chi connectivity index (χ0v) is 19.3. The van der Waals surface area contributed by atoms with Crippen molar-refractivity contribution in [2.45, 2.75) is 23.3 Å². The molecular weight excluding hydrogens is 450 g/mol. The Balaban J connectivity index is 1.32. The highest BCUT2D eigenvalue weighted by Gasteiger charge is 2.44. The summed E-state index contributed by atoms with van der Waals surface area (Å²) in [6, 6.07) is 21.6. The third kappa shape index (κ3) is 3.92. The van der Waals surface area contributed by atoms with Crippen LogP contribution in [0, 0.1) is 0 Å². The van der Waals surface area contributed by atoms with Crippen molar-refractivity contribution < 1.29 is 24.2 Å². The molecule has 2 N–H and O–H groups in total. The van der Waals surface area contributed by atoms with Gasteiger partial charge in [0.2, 0.25) is 0 Å². The van der Waals surface area contributed by atoms with Crippen LogP contribution in [0.1, 0.15) is 22.8 Å². The first-order valence-corrected chi connectivity index (χ1v) is 11.9. The Bertz CT molecular complexity index is 1360. The molecule has 1 aliphatic heterocycles. The topological polar surface area (TPSA) is 88.6 Å². The van der Waals surface area contributed by atoms with Gasteiger partial charge in [0, 0.05) is 33.3 Å². The lowest BCUT2D eigenvalue weighted by Crippen LogP contribution is -2.41. The lowest BCUT2D eigenvalue weighted by Gasteiger charge is -2.26. The lowest BCUT2D eigenvalue weighted by molar-refractivity contribution is -0.141. The number of carboxylic acids is 1. The zero-order valence-electron chi connectivity index (χ0n) is 18.5. The number of nitrogens with one attached hydrogen (secondary N) is 1. The van der Waals surface area contributed by atoms with Gasteiger partial charge in [0.25, 0.3) is 0 Å². The van der Waals surface area contributed by atoms with Crippen molar-refractivity contribution in [3.63, 3.8) is 0 Å². The largest absolute Gasteiger partial charge is 0.490 e. The van der Waals surface area contributed by atoms with Crippen molar-refractivity contribution in [3.8, 4) is 11.5 Å². The second-order valence-electron chi connectivity index (χ2n) is 8.34. The van der Waals surface area contributed by atoms with Gasteiger partial charge in [-0.1, -0.05) is 24.3 Å². The number of carboxylic acid groups (broad SMARTS) is 1. The molecule has 172 valence electrons. The van der Waals surface area contributed by atoms with Gasteiger partial charge < -0.3 is 19.6 Å². The molecule has 6 nitrogen and oxygen atoms in total. The fraction of sp³-hybridized carbons (Fsp3) is 0.185. The number of aliphatic carboxylic acids is 1. The van der Waals surface area contributed by atoms with Crippen molar-refractivity contribution in [3.05, 3.63) is 90.1 Å². The normalized spacial score (nSPS) is 16.8. The van der Waals surface area contributed by atoms with E-state index in [4.69, 9.17) is 9.47 Å². The predicted molar refractivity (Wildman–Crippen MR) is 131 cm³/mol. The summed E-state index contributed by atoms with van der Waals surface area (Å²) in [5, 5.41) is 10.8. The number of aromatic nitrogens is 1. The summed E-state index contributed by atoms with van der Waals surface area (Å²) in [4.78, 5) is 30.0. The van der Waals surface area contributed by atoms with Crippen LogP contribution in [-0.2, 0) is 10.2 Å². The van der Waals surface area contributed by atoms with E-state index in [-0.39, 0.29) is 6.10 Å². The van der Waals surface area contributed by atoms with E-state index in [0.29, 0.717) is 28.9 Å². The van der Waals surface area contributed by atoms with E-state index in [1.54, 1.807) is 60.4 Å². The highest BCUT2D eigenvalue weighted by atomic mass is 32.2. The minimum absolute atomic E-state index is 0.0849. The van der Waals surface area contributed by atoms with Crippen molar-refractivity contribution >= 4 is 34.4 Å². The van der Waals surface area contributed by atoms with Crippen LogP contribution in [0.3, 0.4) is 0 Å². The number of ether oxygens (including phenoxy) is 2. The quantitative estimate of drug-likeness (QED) is 0.279. The fourth-order valence-corrected chi connectivity index (χ4v) is 5.14. The number of benzene rings is 3. The summed E-state index contributed by atoms with van der Waals surface area (Å²) in [6.07, 6.45) is 1.65. The first-order chi connectivity index (χ1) is 16.5. The number of thioether (sulfide) groups is 1. The number of hydrogen-bond donors (Lipinski definition) is 2. The maximum absolute atomic E-state index is 13.5. The molecule has 7 heteroatoms. The van der Waals surface area contributed by atoms with Gasteiger partial charge in [-0.15, -0.1) is 11.8 Å². The van der Waals surface area contributed by atoms with Crippen LogP contribution in [0.5, 0.6) is 11.5 Å². The molecule has 0 amide bonds. The number of carbonyl (C=O) groups is 2. The third-order valence-corrected chi connectivity index (χ3v) is 7.32. The SMILES string of the molecule is CC(C(=O)O)(C(=O)c1ccc(OC[C@@H]2CSc3ccccc3O2)cc1)c1cccc2[nH]ccc12. The lowest BCUT2D eigenvalue weighted by atomic mass is 9.75. The predicted octanol–water partition coefficient (Wildman–Crippen LogP) is 5.33. The summed E-state index contributed by atoms with van der Waals surface area (Å²) < 4.78 is 11.9. The summed E-state index contributed by atoms with van der Waals surface area (Å²) in [6.45, 7) is 1.83. The molecule has 0 aliphatic carbocycles. The molecule has 0 radical (unpaired) electrons. The Morgan fingerprint density at radius 1 is 1.09 bits per heavy atom. The Hall–Kier alpha value is -3.71. The number of carbonyl (C=O) groups excluding carboxylic acids is 1. The number of para-hydroxylation sites is 1. The van der Waals surface area contributed by atoms with Gasteiger partial charge in [0.1, 0.15) is 24.2 Å². The summed E-state index contributed by atoms with van der Waals surface area (Å²) in [5.41, 5.74) is -0.184. The third-order valence-electron chi connectivity index (χ3n) is 6.14. The Labute approximate surface area is 200 Å². The summed E-state index contributed by atoms with van der Waals surface area (Å²) >= 11 is 1.74. The minimum Gasteiger partial charge on any atom is -0.490 e. The zero-order chi connectivity index (χ0) is 23.7. The Kier molecular flexibility index (Phi) is 5.79. The molecule has 2 atom stereocenters. The molecule has 0 fully saturated rings. The number of H-pyrrole nitrogens is 1. The molecule has 34 heavy (non-hydrogen) atoms. The molecule has 2 heterocycles. The molecule has 0 spiro atoms. The van der Waals surface area contributed by atoms with Crippen LogP contribution in [-0.4, -0.2) is 40.3 Å². The van der Waals surface area contributed by atoms with Crippen molar-refractivity contribution in [1.29, 1.82) is 0 Å². The summed E-state index contributed by atoms with van der Waals surface area (Å²) in [7, 11) is 0. The molecule has 3 aromatic carbocycles. The molecule has 4 aromatic rings. The van der Waals surface area contributed by atoms with E-state index >= 15 is 0 Å². The maximum atomic E-state index is 13.5. The number of fused-ring (bicyclic) bond motifs is 2. The van der Waals surface area contributed by atoms with Crippen LogP contribution in [0.4, 0.5) is 0 Å². The number of aromatic amines is 1. The standard InChI is InChI=1S/C27H23NO5S/c1-27(26(30)31,21-5-4-6-22-20(21)13-14-28-22)25(29)17-9-11-18(12-10-17)32-15-19-16-34-24-8-3-2-7-23(24)33-19/h2-14,19,28H,15-16H2,1H3,(H,30,31)/t19-,27?/m1/s1. The van der Waals surface area contributed by atoms with Gasteiger partial charge in [0.15, 0.2) is 11.2 Å². The number of hydrogen-bond acceptors (Lipinski definition) is 5. The van der Waals surface area contributed by atoms with Crippen molar-refractivity contribution in [2.24, 2.45) is 0 Å². The van der Waals surface area contributed by atoms with Crippen LogP contribution in [0.15, 0.2) is 83.9 Å². The smallest absolute Gasteiger partial charge is 0.321 e. The van der Waals surface area contributed by atoms with E-state index in [1.807, 2.05) is 30.3 Å². The van der Waals surface area contributed by atoms with Gasteiger partial charge in [-0.3, -0.25) is 9.59 Å². The second-order valence-corrected chi connectivity index (χ2v) is 9.40. The van der Waals surface area contributed by atoms with E-state index < -0.39 is 17.2 Å². The average molecular weight is 474 g/mol. The van der Waals surface area contributed by atoms with Gasteiger partial charge >= 0.3 is 5.97 Å². The van der Waals surface area contributed by atoms with Gasteiger partial charge in [-0.05, 0) is 61.0 Å². The van der Waals surface area contributed by atoms with E-state index in [9.17, 15) is 14.7 Å². The number of ketones is 1.